The van der Waals surface area contributed by atoms with Crippen LogP contribution in [-0.4, -0.2) is 13.4 Å². The van der Waals surface area contributed by atoms with Gasteiger partial charge in [-0.2, -0.15) is 0 Å². The van der Waals surface area contributed by atoms with E-state index in [1.165, 1.54) is 27.4 Å². The number of rotatable bonds is 2. The summed E-state index contributed by atoms with van der Waals surface area (Å²) in [4.78, 5) is 0. The zero-order chi connectivity index (χ0) is 10.8. The summed E-state index contributed by atoms with van der Waals surface area (Å²) in [5.41, 5.74) is 4.03. The standard InChI is InChI=1S/C14H15B/c1-4-11-5-6-12-7-8-13(15-3)9-14(12)10(11)2/h5-9H,3-4H2,1-2H3. The van der Waals surface area contributed by atoms with Gasteiger partial charge in [0.15, 0.2) is 0 Å². The molecule has 0 saturated carbocycles. The Bertz CT molecular complexity index is 512. The van der Waals surface area contributed by atoms with Crippen molar-refractivity contribution in [1.29, 1.82) is 0 Å². The van der Waals surface area contributed by atoms with Gasteiger partial charge in [-0.05, 0) is 0 Å². The van der Waals surface area contributed by atoms with Crippen LogP contribution >= 0.6 is 0 Å². The second-order valence-electron chi connectivity index (χ2n) is 3.89. The molecule has 0 saturated heterocycles. The van der Waals surface area contributed by atoms with Crippen LogP contribution in [0.2, 0.25) is 0 Å². The molecule has 0 heterocycles. The van der Waals surface area contributed by atoms with Crippen molar-refractivity contribution in [2.75, 3.05) is 0 Å². The average molecular weight is 194 g/mol. The molecule has 2 aromatic rings. The topological polar surface area (TPSA) is 0 Å². The first-order chi connectivity index (χ1) is 7.26. The normalized spacial score (nSPS) is 10.3. The first kappa shape index (κ1) is 10.2. The molecule has 0 fully saturated rings. The van der Waals surface area contributed by atoms with Crippen LogP contribution in [0.1, 0.15) is 18.1 Å². The molecule has 0 bridgehead atoms. The van der Waals surface area contributed by atoms with Gasteiger partial charge in [-0.15, -0.1) is 0 Å². The summed E-state index contributed by atoms with van der Waals surface area (Å²) >= 11 is 0. The Morgan fingerprint density at radius 2 is 1.93 bits per heavy atom. The van der Waals surface area contributed by atoms with Gasteiger partial charge in [0.2, 0.25) is 0 Å². The Balaban J connectivity index is 2.77. The first-order valence-electron chi connectivity index (χ1n) is 5.41. The van der Waals surface area contributed by atoms with Crippen LogP contribution in [0.15, 0.2) is 30.3 Å². The van der Waals surface area contributed by atoms with E-state index < -0.39 is 0 Å². The molecule has 0 N–H and O–H groups in total. The van der Waals surface area contributed by atoms with Gasteiger partial charge >= 0.3 is 91.4 Å². The van der Waals surface area contributed by atoms with Crippen LogP contribution in [-0.2, 0) is 6.42 Å². The van der Waals surface area contributed by atoms with Gasteiger partial charge in [-0.3, -0.25) is 0 Å². The van der Waals surface area contributed by atoms with Crippen LogP contribution < -0.4 is 5.46 Å². The summed E-state index contributed by atoms with van der Waals surface area (Å²) in [6, 6.07) is 10.9. The van der Waals surface area contributed by atoms with Crippen molar-refractivity contribution < 1.29 is 0 Å². The average Bonchev–Trinajstić information content (AvgIpc) is 2.29. The van der Waals surface area contributed by atoms with Crippen LogP contribution in [0.5, 0.6) is 0 Å². The van der Waals surface area contributed by atoms with Crippen LogP contribution in [0, 0.1) is 6.92 Å². The van der Waals surface area contributed by atoms with Crippen molar-refractivity contribution in [3.05, 3.63) is 41.5 Å². The van der Waals surface area contributed by atoms with Gasteiger partial charge in [0.1, 0.15) is 0 Å². The molecule has 2 aromatic carbocycles. The van der Waals surface area contributed by atoms with Crippen molar-refractivity contribution in [2.24, 2.45) is 0 Å². The van der Waals surface area contributed by atoms with E-state index in [4.69, 9.17) is 0 Å². The minimum atomic E-state index is 1.10. The SMILES string of the molecule is C=Bc1ccc2ccc(CC)c(C)c2c1. The second-order valence-corrected chi connectivity index (χ2v) is 3.89. The fourth-order valence-electron chi connectivity index (χ4n) is 2.04. The van der Waals surface area contributed by atoms with Crippen molar-refractivity contribution in [1.82, 2.24) is 0 Å². The summed E-state index contributed by atoms with van der Waals surface area (Å²) in [6.45, 7) is 10.1. The molecule has 74 valence electrons. The molecule has 0 amide bonds. The number of benzene rings is 2. The molecule has 0 aliphatic rings. The van der Waals surface area contributed by atoms with Gasteiger partial charge in [-0.1, -0.05) is 0 Å². The summed E-state index contributed by atoms with van der Waals surface area (Å²) in [5, 5.41) is 2.67. The van der Waals surface area contributed by atoms with Gasteiger partial charge in [0.25, 0.3) is 0 Å². The van der Waals surface area contributed by atoms with Crippen molar-refractivity contribution in [2.45, 2.75) is 20.3 Å². The van der Waals surface area contributed by atoms with Crippen LogP contribution in [0.25, 0.3) is 10.8 Å². The van der Waals surface area contributed by atoms with E-state index >= 15 is 0 Å². The molecule has 15 heavy (non-hydrogen) atoms. The molecule has 0 unspecified atom stereocenters. The number of hydrogen-bond acceptors (Lipinski definition) is 0. The minimum absolute atomic E-state index is 1.10. The van der Waals surface area contributed by atoms with Gasteiger partial charge in [0.05, 0.1) is 0 Å². The molecule has 0 aliphatic carbocycles. The van der Waals surface area contributed by atoms with Crippen molar-refractivity contribution in [3.63, 3.8) is 0 Å². The molecule has 0 radical (unpaired) electrons. The third-order valence-corrected chi connectivity index (χ3v) is 3.04. The van der Waals surface area contributed by atoms with Gasteiger partial charge in [0, 0.05) is 0 Å². The summed E-state index contributed by atoms with van der Waals surface area (Å²) < 4.78 is 0. The number of hydrogen-bond donors (Lipinski definition) is 0. The van der Waals surface area contributed by atoms with E-state index in [2.05, 4.69) is 50.6 Å². The summed E-state index contributed by atoms with van der Waals surface area (Å²) in [5.74, 6) is 0. The third-order valence-electron chi connectivity index (χ3n) is 3.04. The third kappa shape index (κ3) is 1.74. The first-order valence-corrected chi connectivity index (χ1v) is 5.41. The number of fused-ring (bicyclic) bond motifs is 1. The van der Waals surface area contributed by atoms with Crippen molar-refractivity contribution in [3.8, 4) is 0 Å². The van der Waals surface area contributed by atoms with Gasteiger partial charge in [-0.25, -0.2) is 0 Å². The Hall–Kier alpha value is -1.37. The molecule has 0 aliphatic heterocycles. The van der Waals surface area contributed by atoms with E-state index in [9.17, 15) is 0 Å². The fraction of sp³-hybridized carbons (Fsp3) is 0.214. The maximum atomic E-state index is 3.81. The monoisotopic (exact) mass is 194 g/mol. The van der Waals surface area contributed by atoms with Crippen LogP contribution in [0.3, 0.4) is 0 Å². The van der Waals surface area contributed by atoms with Crippen LogP contribution in [0.4, 0.5) is 0 Å². The zero-order valence-electron chi connectivity index (χ0n) is 9.38. The molecule has 0 nitrogen and oxygen atoms in total. The molecule has 0 atom stereocenters. The molecular formula is C14H15B. The van der Waals surface area contributed by atoms with E-state index in [1.807, 2.05) is 6.92 Å². The second kappa shape index (κ2) is 4.02. The Labute approximate surface area is 91.8 Å². The predicted molar refractivity (Wildman–Crippen MR) is 70.6 cm³/mol. The predicted octanol–water partition coefficient (Wildman–Crippen LogP) is 2.47. The summed E-state index contributed by atoms with van der Waals surface area (Å²) in [6.07, 6.45) is 1.10. The van der Waals surface area contributed by atoms with Gasteiger partial charge < -0.3 is 0 Å². The molecular weight excluding hydrogens is 179 g/mol. The summed E-state index contributed by atoms with van der Waals surface area (Å²) in [7, 11) is 0. The fourth-order valence-corrected chi connectivity index (χ4v) is 2.04. The van der Waals surface area contributed by atoms with E-state index in [-0.39, 0.29) is 0 Å². The quantitative estimate of drug-likeness (QED) is 0.644. The molecule has 0 aromatic heterocycles. The molecule has 2 rings (SSSR count). The van der Waals surface area contributed by atoms with E-state index in [0.29, 0.717) is 0 Å². The Morgan fingerprint density at radius 1 is 1.20 bits per heavy atom. The zero-order valence-corrected chi connectivity index (χ0v) is 9.38. The van der Waals surface area contributed by atoms with E-state index in [0.717, 1.165) is 6.42 Å². The van der Waals surface area contributed by atoms with E-state index in [1.54, 1.807) is 0 Å². The van der Waals surface area contributed by atoms with Crippen molar-refractivity contribution >= 4 is 29.6 Å². The number of aryl methyl sites for hydroxylation is 2. The molecule has 1 heteroatoms. The molecule has 0 spiro atoms. The maximum absolute atomic E-state index is 3.81. The Morgan fingerprint density at radius 3 is 2.60 bits per heavy atom. The Kier molecular flexibility index (Phi) is 2.72.